The first-order valence-corrected chi connectivity index (χ1v) is 10.7. The number of methoxy groups -OCH3 is 1. The Balaban J connectivity index is 0.000000501. The maximum atomic E-state index is 11.0. The number of anilines is 1. The number of carbonyl (C=O) groups excluding carboxylic acids is 1. The van der Waals surface area contributed by atoms with Gasteiger partial charge in [0.2, 0.25) is 18.1 Å². The van der Waals surface area contributed by atoms with Crippen molar-refractivity contribution in [1.29, 1.82) is 5.41 Å². The number of benzene rings is 1. The van der Waals surface area contributed by atoms with E-state index in [9.17, 15) is 4.79 Å². The van der Waals surface area contributed by atoms with Crippen molar-refractivity contribution in [3.8, 4) is 11.4 Å². The Bertz CT molecular complexity index is 857. The molecule has 2 heterocycles. The third-order valence-electron chi connectivity index (χ3n) is 4.92. The van der Waals surface area contributed by atoms with Crippen molar-refractivity contribution < 1.29 is 14.1 Å². The van der Waals surface area contributed by atoms with E-state index in [1.807, 2.05) is 39.0 Å². The molecule has 0 spiro atoms. The number of ether oxygens (including phenoxy) is 1. The van der Waals surface area contributed by atoms with E-state index in [4.69, 9.17) is 14.7 Å². The summed E-state index contributed by atoms with van der Waals surface area (Å²) in [5.74, 6) is 1.20. The zero-order valence-corrected chi connectivity index (χ0v) is 19.4. The molecule has 8 nitrogen and oxygen atoms in total. The standard InChI is InChI=1S/C18H23N5O2.C5H12O/c1-12(2)20-16-8-13(5-6-14(16)9-19)17-21-18(25-22-17)15-4-3-7-23(10-15)11-24;1-5(2,3)6-4/h5-6,8-9,11-12,15,19-20H,3-4,7,10H2,1-2H3;1-4H3. The van der Waals surface area contributed by atoms with Crippen molar-refractivity contribution in [3.05, 3.63) is 29.7 Å². The van der Waals surface area contributed by atoms with E-state index in [2.05, 4.69) is 29.3 Å². The van der Waals surface area contributed by atoms with Crippen LogP contribution in [0.2, 0.25) is 0 Å². The van der Waals surface area contributed by atoms with Crippen LogP contribution in [0.25, 0.3) is 11.4 Å². The summed E-state index contributed by atoms with van der Waals surface area (Å²) in [5, 5.41) is 15.0. The summed E-state index contributed by atoms with van der Waals surface area (Å²) < 4.78 is 10.4. The van der Waals surface area contributed by atoms with Crippen LogP contribution in [-0.4, -0.2) is 59.5 Å². The normalized spacial score (nSPS) is 16.5. The Morgan fingerprint density at radius 3 is 2.65 bits per heavy atom. The maximum absolute atomic E-state index is 11.0. The van der Waals surface area contributed by atoms with Gasteiger partial charge in [0.25, 0.3) is 0 Å². The lowest BCUT2D eigenvalue weighted by Gasteiger charge is -2.27. The first-order valence-electron chi connectivity index (χ1n) is 10.7. The third-order valence-corrected chi connectivity index (χ3v) is 4.92. The zero-order chi connectivity index (χ0) is 23.0. The topological polar surface area (TPSA) is 104 Å². The Morgan fingerprint density at radius 1 is 1.35 bits per heavy atom. The second kappa shape index (κ2) is 11.0. The van der Waals surface area contributed by atoms with Crippen molar-refractivity contribution in [3.63, 3.8) is 0 Å². The molecule has 2 aromatic rings. The monoisotopic (exact) mass is 429 g/mol. The van der Waals surface area contributed by atoms with Gasteiger partial charge < -0.3 is 24.9 Å². The number of likely N-dealkylation sites (tertiary alicyclic amines) is 1. The molecule has 8 heteroatoms. The fourth-order valence-corrected chi connectivity index (χ4v) is 3.08. The van der Waals surface area contributed by atoms with Crippen LogP contribution < -0.4 is 5.32 Å². The van der Waals surface area contributed by atoms with Crippen molar-refractivity contribution in [2.24, 2.45) is 0 Å². The van der Waals surface area contributed by atoms with Crippen LogP contribution in [0, 0.1) is 5.41 Å². The summed E-state index contributed by atoms with van der Waals surface area (Å²) in [6.45, 7) is 11.6. The van der Waals surface area contributed by atoms with Gasteiger partial charge >= 0.3 is 0 Å². The minimum atomic E-state index is 0.0417. The fourth-order valence-electron chi connectivity index (χ4n) is 3.08. The molecule has 0 aliphatic carbocycles. The third kappa shape index (κ3) is 7.47. The van der Waals surface area contributed by atoms with Crippen LogP contribution in [0.4, 0.5) is 5.69 Å². The molecule has 170 valence electrons. The summed E-state index contributed by atoms with van der Waals surface area (Å²) >= 11 is 0. The molecule has 1 aliphatic rings. The highest BCUT2D eigenvalue weighted by molar-refractivity contribution is 5.87. The van der Waals surface area contributed by atoms with Gasteiger partial charge in [-0.15, -0.1) is 0 Å². The Morgan fingerprint density at radius 2 is 2.06 bits per heavy atom. The number of hydrogen-bond donors (Lipinski definition) is 2. The lowest BCUT2D eigenvalue weighted by Crippen LogP contribution is -2.33. The molecule has 1 atom stereocenters. The lowest BCUT2D eigenvalue weighted by molar-refractivity contribution is -0.119. The van der Waals surface area contributed by atoms with E-state index in [0.717, 1.165) is 42.6 Å². The van der Waals surface area contributed by atoms with Crippen molar-refractivity contribution in [1.82, 2.24) is 15.0 Å². The summed E-state index contributed by atoms with van der Waals surface area (Å²) in [6, 6.07) is 5.95. The number of aromatic nitrogens is 2. The number of hydrogen-bond acceptors (Lipinski definition) is 7. The van der Waals surface area contributed by atoms with E-state index in [1.165, 1.54) is 6.21 Å². The van der Waals surface area contributed by atoms with Crippen LogP contribution in [0.3, 0.4) is 0 Å². The van der Waals surface area contributed by atoms with Gasteiger partial charge in [-0.25, -0.2) is 0 Å². The van der Waals surface area contributed by atoms with Crippen LogP contribution in [0.1, 0.15) is 64.8 Å². The largest absolute Gasteiger partial charge is 0.382 e. The zero-order valence-electron chi connectivity index (χ0n) is 19.4. The minimum absolute atomic E-state index is 0.0417. The Hall–Kier alpha value is -2.74. The highest BCUT2D eigenvalue weighted by atomic mass is 16.5. The first kappa shape index (κ1) is 24.5. The van der Waals surface area contributed by atoms with Gasteiger partial charge in [-0.2, -0.15) is 4.98 Å². The summed E-state index contributed by atoms with van der Waals surface area (Å²) in [5.41, 5.74) is 2.57. The smallest absolute Gasteiger partial charge is 0.231 e. The first-order chi connectivity index (χ1) is 14.7. The quantitative estimate of drug-likeness (QED) is 0.523. The van der Waals surface area contributed by atoms with Crippen LogP contribution in [-0.2, 0) is 9.53 Å². The highest BCUT2D eigenvalue weighted by Gasteiger charge is 2.25. The molecule has 1 aromatic heterocycles. The molecule has 1 aliphatic heterocycles. The van der Waals surface area contributed by atoms with Crippen LogP contribution in [0.5, 0.6) is 0 Å². The van der Waals surface area contributed by atoms with Gasteiger partial charge in [0.05, 0.1) is 11.5 Å². The van der Waals surface area contributed by atoms with Crippen molar-refractivity contribution >= 4 is 18.3 Å². The maximum Gasteiger partial charge on any atom is 0.231 e. The molecule has 1 amide bonds. The molecule has 1 aromatic carbocycles. The molecule has 1 unspecified atom stereocenters. The molecular weight excluding hydrogens is 394 g/mol. The van der Waals surface area contributed by atoms with E-state index >= 15 is 0 Å². The molecule has 0 radical (unpaired) electrons. The summed E-state index contributed by atoms with van der Waals surface area (Å²) in [6.07, 6.45) is 4.09. The molecule has 31 heavy (non-hydrogen) atoms. The van der Waals surface area contributed by atoms with Crippen molar-refractivity contribution in [2.75, 3.05) is 25.5 Å². The van der Waals surface area contributed by atoms with Crippen molar-refractivity contribution in [2.45, 2.75) is 65.0 Å². The van der Waals surface area contributed by atoms with Crippen LogP contribution >= 0.6 is 0 Å². The Kier molecular flexibility index (Phi) is 8.74. The number of amides is 1. The van der Waals surface area contributed by atoms with Gasteiger partial charge in [0.1, 0.15) is 0 Å². The minimum Gasteiger partial charge on any atom is -0.382 e. The van der Waals surface area contributed by atoms with Gasteiger partial charge in [-0.1, -0.05) is 17.3 Å². The predicted octanol–water partition coefficient (Wildman–Crippen LogP) is 4.32. The summed E-state index contributed by atoms with van der Waals surface area (Å²) in [7, 11) is 1.71. The summed E-state index contributed by atoms with van der Waals surface area (Å²) in [4.78, 5) is 17.3. The van der Waals surface area contributed by atoms with Gasteiger partial charge in [-0.05, 0) is 53.5 Å². The second-order valence-electron chi connectivity index (χ2n) is 8.96. The average molecular weight is 430 g/mol. The van der Waals surface area contributed by atoms with E-state index in [0.29, 0.717) is 18.3 Å². The molecule has 1 saturated heterocycles. The van der Waals surface area contributed by atoms with Gasteiger partial charge in [0.15, 0.2) is 0 Å². The molecule has 1 fully saturated rings. The lowest BCUT2D eigenvalue weighted by atomic mass is 9.98. The number of carbonyl (C=O) groups is 1. The van der Waals surface area contributed by atoms with E-state index < -0.39 is 0 Å². The predicted molar refractivity (Wildman–Crippen MR) is 123 cm³/mol. The average Bonchev–Trinajstić information content (AvgIpc) is 3.23. The van der Waals surface area contributed by atoms with Gasteiger partial charge in [0, 0.05) is 49.3 Å². The fraction of sp³-hybridized carbons (Fsp3) is 0.565. The number of piperidine rings is 1. The van der Waals surface area contributed by atoms with E-state index in [1.54, 1.807) is 12.0 Å². The second-order valence-corrected chi connectivity index (χ2v) is 8.96. The van der Waals surface area contributed by atoms with Gasteiger partial charge in [-0.3, -0.25) is 4.79 Å². The van der Waals surface area contributed by atoms with E-state index in [-0.39, 0.29) is 17.6 Å². The Labute approximate surface area is 184 Å². The number of nitrogens with zero attached hydrogens (tertiary/aromatic N) is 3. The molecule has 3 rings (SSSR count). The number of rotatable bonds is 6. The molecular formula is C23H35N5O3. The highest BCUT2D eigenvalue weighted by Crippen LogP contribution is 2.28. The molecule has 0 saturated carbocycles. The molecule has 0 bridgehead atoms. The molecule has 2 N–H and O–H groups in total. The van der Waals surface area contributed by atoms with Crippen LogP contribution in [0.15, 0.2) is 22.7 Å². The SMILES string of the molecule is CC(C)Nc1cc(-c2noc(C3CCCN(C=O)C3)n2)ccc1C=N.COC(C)(C)C. The number of nitrogens with one attached hydrogen (secondary N) is 2.